The number of thiazole rings is 1. The van der Waals surface area contributed by atoms with Gasteiger partial charge in [-0.05, 0) is 17.7 Å². The third-order valence-electron chi connectivity index (χ3n) is 2.92. The molecule has 0 aliphatic carbocycles. The van der Waals surface area contributed by atoms with Crippen molar-refractivity contribution in [3.8, 4) is 11.3 Å². The Labute approximate surface area is 115 Å². The van der Waals surface area contributed by atoms with Crippen molar-refractivity contribution in [3.05, 3.63) is 70.8 Å². The van der Waals surface area contributed by atoms with E-state index in [1.165, 1.54) is 0 Å². The molecule has 0 saturated carbocycles. The molecule has 0 fully saturated rings. The van der Waals surface area contributed by atoms with Gasteiger partial charge in [0.25, 0.3) is 0 Å². The normalized spacial score (nSPS) is 12.3. The summed E-state index contributed by atoms with van der Waals surface area (Å²) in [6.45, 7) is 0. The molecule has 0 bridgehead atoms. The summed E-state index contributed by atoms with van der Waals surface area (Å²) in [6, 6.07) is 13.8. The van der Waals surface area contributed by atoms with Gasteiger partial charge in [-0.2, -0.15) is 0 Å². The molecule has 1 aromatic carbocycles. The summed E-state index contributed by atoms with van der Waals surface area (Å²) < 4.78 is 0. The van der Waals surface area contributed by atoms with Gasteiger partial charge in [-0.25, -0.2) is 4.98 Å². The van der Waals surface area contributed by atoms with Gasteiger partial charge in [-0.1, -0.05) is 30.3 Å². The Balaban J connectivity index is 1.90. The van der Waals surface area contributed by atoms with Gasteiger partial charge in [0.2, 0.25) is 0 Å². The Kier molecular flexibility index (Phi) is 3.35. The molecular weight excluding hydrogens is 254 g/mol. The van der Waals surface area contributed by atoms with Crippen molar-refractivity contribution in [3.63, 3.8) is 0 Å². The van der Waals surface area contributed by atoms with Crippen molar-refractivity contribution in [2.75, 3.05) is 0 Å². The zero-order chi connectivity index (χ0) is 13.1. The zero-order valence-corrected chi connectivity index (χ0v) is 11.0. The van der Waals surface area contributed by atoms with E-state index in [-0.39, 0.29) is 6.04 Å². The van der Waals surface area contributed by atoms with Crippen molar-refractivity contribution in [2.24, 2.45) is 5.73 Å². The van der Waals surface area contributed by atoms with Gasteiger partial charge in [-0.3, -0.25) is 4.98 Å². The molecular formula is C15H13N3S. The van der Waals surface area contributed by atoms with Crippen LogP contribution in [0.3, 0.4) is 0 Å². The van der Waals surface area contributed by atoms with E-state index in [4.69, 9.17) is 5.73 Å². The first-order chi connectivity index (χ1) is 9.34. The average molecular weight is 267 g/mol. The van der Waals surface area contributed by atoms with Crippen molar-refractivity contribution < 1.29 is 0 Å². The number of rotatable bonds is 3. The molecule has 2 heterocycles. The van der Waals surface area contributed by atoms with Gasteiger partial charge in [-0.15, -0.1) is 11.3 Å². The number of hydrogen-bond donors (Lipinski definition) is 1. The van der Waals surface area contributed by atoms with Crippen molar-refractivity contribution >= 4 is 11.3 Å². The predicted molar refractivity (Wildman–Crippen MR) is 77.8 cm³/mol. The Morgan fingerprint density at radius 3 is 2.47 bits per heavy atom. The Hall–Kier alpha value is -2.04. The van der Waals surface area contributed by atoms with E-state index in [0.717, 1.165) is 21.8 Å². The van der Waals surface area contributed by atoms with Crippen LogP contribution in [0.2, 0.25) is 0 Å². The third-order valence-corrected chi connectivity index (χ3v) is 3.85. The lowest BCUT2D eigenvalue weighted by molar-refractivity contribution is 0.859. The van der Waals surface area contributed by atoms with Crippen LogP contribution in [0.4, 0.5) is 0 Å². The first-order valence-corrected chi connectivity index (χ1v) is 6.89. The van der Waals surface area contributed by atoms with Crippen LogP contribution in [-0.4, -0.2) is 9.97 Å². The second-order valence-electron chi connectivity index (χ2n) is 4.20. The fraction of sp³-hybridized carbons (Fsp3) is 0.0667. The summed E-state index contributed by atoms with van der Waals surface area (Å²) in [5.74, 6) is 0. The SMILES string of the molecule is NC(c1ccccc1)c1nc(-c2ccncc2)cs1. The molecule has 1 unspecified atom stereocenters. The molecule has 0 spiro atoms. The molecule has 3 aromatic rings. The van der Waals surface area contributed by atoms with Crippen LogP contribution in [0.1, 0.15) is 16.6 Å². The maximum Gasteiger partial charge on any atom is 0.115 e. The first-order valence-electron chi connectivity index (χ1n) is 6.01. The van der Waals surface area contributed by atoms with Crippen LogP contribution in [0.25, 0.3) is 11.3 Å². The summed E-state index contributed by atoms with van der Waals surface area (Å²) >= 11 is 1.59. The van der Waals surface area contributed by atoms with E-state index in [1.54, 1.807) is 23.7 Å². The van der Waals surface area contributed by atoms with E-state index in [1.807, 2.05) is 47.8 Å². The Morgan fingerprint density at radius 1 is 1.00 bits per heavy atom. The average Bonchev–Trinajstić information content (AvgIpc) is 2.98. The topological polar surface area (TPSA) is 51.8 Å². The molecule has 0 radical (unpaired) electrons. The Morgan fingerprint density at radius 2 is 1.74 bits per heavy atom. The molecule has 1 atom stereocenters. The molecule has 3 rings (SSSR count). The predicted octanol–water partition coefficient (Wildman–Crippen LogP) is 3.25. The number of benzene rings is 1. The summed E-state index contributed by atoms with van der Waals surface area (Å²) in [7, 11) is 0. The maximum atomic E-state index is 6.24. The van der Waals surface area contributed by atoms with Gasteiger partial charge in [0, 0.05) is 23.3 Å². The highest BCUT2D eigenvalue weighted by molar-refractivity contribution is 7.10. The fourth-order valence-electron chi connectivity index (χ4n) is 1.89. The van der Waals surface area contributed by atoms with Gasteiger partial charge < -0.3 is 5.73 Å². The van der Waals surface area contributed by atoms with Crippen LogP contribution in [0.15, 0.2) is 60.2 Å². The van der Waals surface area contributed by atoms with E-state index >= 15 is 0 Å². The number of aromatic nitrogens is 2. The lowest BCUT2D eigenvalue weighted by Crippen LogP contribution is -2.11. The molecule has 2 N–H and O–H groups in total. The molecule has 3 nitrogen and oxygen atoms in total. The van der Waals surface area contributed by atoms with E-state index in [2.05, 4.69) is 9.97 Å². The highest BCUT2D eigenvalue weighted by atomic mass is 32.1. The van der Waals surface area contributed by atoms with Crippen LogP contribution in [0.5, 0.6) is 0 Å². The van der Waals surface area contributed by atoms with E-state index in [0.29, 0.717) is 0 Å². The van der Waals surface area contributed by atoms with Gasteiger partial charge in [0.15, 0.2) is 0 Å². The number of hydrogen-bond acceptors (Lipinski definition) is 4. The standard InChI is InChI=1S/C15H13N3S/c16-14(12-4-2-1-3-5-12)15-18-13(10-19-15)11-6-8-17-9-7-11/h1-10,14H,16H2. The van der Waals surface area contributed by atoms with Crippen LogP contribution in [-0.2, 0) is 0 Å². The highest BCUT2D eigenvalue weighted by Gasteiger charge is 2.13. The smallest absolute Gasteiger partial charge is 0.115 e. The fourth-order valence-corrected chi connectivity index (χ4v) is 2.74. The van der Waals surface area contributed by atoms with Gasteiger partial charge >= 0.3 is 0 Å². The van der Waals surface area contributed by atoms with Gasteiger partial charge in [0.05, 0.1) is 11.7 Å². The second kappa shape index (κ2) is 5.30. The minimum Gasteiger partial charge on any atom is -0.318 e. The largest absolute Gasteiger partial charge is 0.318 e. The van der Waals surface area contributed by atoms with Gasteiger partial charge in [0.1, 0.15) is 5.01 Å². The third kappa shape index (κ3) is 2.54. The lowest BCUT2D eigenvalue weighted by atomic mass is 10.1. The van der Waals surface area contributed by atoms with Crippen LogP contribution >= 0.6 is 11.3 Å². The molecule has 0 amide bonds. The maximum absolute atomic E-state index is 6.24. The van der Waals surface area contributed by atoms with Crippen molar-refractivity contribution in [1.29, 1.82) is 0 Å². The zero-order valence-electron chi connectivity index (χ0n) is 10.2. The quantitative estimate of drug-likeness (QED) is 0.792. The molecule has 0 saturated heterocycles. The highest BCUT2D eigenvalue weighted by Crippen LogP contribution is 2.27. The summed E-state index contributed by atoms with van der Waals surface area (Å²) in [6.07, 6.45) is 3.54. The minimum absolute atomic E-state index is 0.165. The summed E-state index contributed by atoms with van der Waals surface area (Å²) in [4.78, 5) is 8.63. The first kappa shape index (κ1) is 12.0. The molecule has 4 heteroatoms. The minimum atomic E-state index is -0.165. The van der Waals surface area contributed by atoms with Crippen molar-refractivity contribution in [2.45, 2.75) is 6.04 Å². The molecule has 19 heavy (non-hydrogen) atoms. The summed E-state index contributed by atoms with van der Waals surface area (Å²) in [5.41, 5.74) is 9.34. The molecule has 0 aliphatic rings. The van der Waals surface area contributed by atoms with E-state index < -0.39 is 0 Å². The number of nitrogens with two attached hydrogens (primary N) is 1. The molecule has 0 aliphatic heterocycles. The molecule has 94 valence electrons. The van der Waals surface area contributed by atoms with Crippen LogP contribution in [0, 0.1) is 0 Å². The number of nitrogens with zero attached hydrogens (tertiary/aromatic N) is 2. The monoisotopic (exact) mass is 267 g/mol. The van der Waals surface area contributed by atoms with Crippen LogP contribution < -0.4 is 5.73 Å². The Bertz CT molecular complexity index is 649. The number of pyridine rings is 1. The second-order valence-corrected chi connectivity index (χ2v) is 5.08. The summed E-state index contributed by atoms with van der Waals surface area (Å²) in [5, 5.41) is 2.96. The lowest BCUT2D eigenvalue weighted by Gasteiger charge is -2.07. The van der Waals surface area contributed by atoms with E-state index in [9.17, 15) is 0 Å². The van der Waals surface area contributed by atoms with Crippen molar-refractivity contribution in [1.82, 2.24) is 9.97 Å². The molecule has 2 aromatic heterocycles.